The van der Waals surface area contributed by atoms with Crippen LogP contribution in [0.2, 0.25) is 5.02 Å². The van der Waals surface area contributed by atoms with E-state index in [2.05, 4.69) is 20.5 Å². The summed E-state index contributed by atoms with van der Waals surface area (Å²) in [4.78, 5) is 19.7. The van der Waals surface area contributed by atoms with Crippen molar-refractivity contribution in [2.24, 2.45) is 5.10 Å². The first-order chi connectivity index (χ1) is 10.1. The van der Waals surface area contributed by atoms with Gasteiger partial charge in [0.05, 0.1) is 11.5 Å². The zero-order valence-electron chi connectivity index (χ0n) is 11.3. The van der Waals surface area contributed by atoms with Crippen LogP contribution in [0.25, 0.3) is 0 Å². The average Bonchev–Trinajstić information content (AvgIpc) is 2.52. The molecular weight excluding hydrogens is 308 g/mol. The van der Waals surface area contributed by atoms with Gasteiger partial charge >= 0.3 is 0 Å². The lowest BCUT2D eigenvalue weighted by atomic mass is 10.1. The molecule has 0 fully saturated rings. The smallest absolute Gasteiger partial charge is 0.250 e. The number of nitrogens with zero attached hydrogens (tertiary/aromatic N) is 3. The number of thioether (sulfide) groups is 1. The Labute approximate surface area is 131 Å². The molecule has 2 rings (SSSR count). The van der Waals surface area contributed by atoms with Crippen LogP contribution in [0.15, 0.2) is 53.0 Å². The molecule has 0 aliphatic rings. The second-order valence-corrected chi connectivity index (χ2v) is 5.44. The van der Waals surface area contributed by atoms with E-state index in [-0.39, 0.29) is 11.7 Å². The molecule has 0 aliphatic carbocycles. The van der Waals surface area contributed by atoms with Crippen molar-refractivity contribution in [3.05, 3.63) is 53.3 Å². The fraction of sp³-hybridized carbons (Fsp3) is 0.143. The third kappa shape index (κ3) is 5.17. The van der Waals surface area contributed by atoms with Crippen molar-refractivity contribution < 1.29 is 4.79 Å². The maximum absolute atomic E-state index is 11.7. The van der Waals surface area contributed by atoms with Gasteiger partial charge in [0.25, 0.3) is 5.91 Å². The first-order valence-electron chi connectivity index (χ1n) is 6.14. The Morgan fingerprint density at radius 3 is 2.62 bits per heavy atom. The molecule has 108 valence electrons. The highest BCUT2D eigenvalue weighted by molar-refractivity contribution is 7.99. The second-order valence-electron chi connectivity index (χ2n) is 4.06. The van der Waals surface area contributed by atoms with Gasteiger partial charge in [-0.3, -0.25) is 4.79 Å². The molecular formula is C14H13ClN4OS. The van der Waals surface area contributed by atoms with Gasteiger partial charge in [-0.1, -0.05) is 35.5 Å². The van der Waals surface area contributed by atoms with Crippen LogP contribution in [0, 0.1) is 0 Å². The Bertz CT molecular complexity index is 631. The minimum Gasteiger partial charge on any atom is -0.272 e. The molecule has 7 heteroatoms. The lowest BCUT2D eigenvalue weighted by Gasteiger charge is -2.03. The van der Waals surface area contributed by atoms with Gasteiger partial charge in [0.2, 0.25) is 0 Å². The molecule has 0 atom stereocenters. The minimum absolute atomic E-state index is 0.208. The normalized spacial score (nSPS) is 11.2. The maximum Gasteiger partial charge on any atom is 0.250 e. The predicted molar refractivity (Wildman–Crippen MR) is 84.6 cm³/mol. The third-order valence-corrected chi connectivity index (χ3v) is 3.61. The molecule has 1 aromatic heterocycles. The van der Waals surface area contributed by atoms with E-state index in [1.807, 2.05) is 19.1 Å². The van der Waals surface area contributed by atoms with Crippen molar-refractivity contribution in [1.29, 1.82) is 0 Å². The van der Waals surface area contributed by atoms with Gasteiger partial charge in [-0.25, -0.2) is 15.4 Å². The zero-order chi connectivity index (χ0) is 15.1. The van der Waals surface area contributed by atoms with Gasteiger partial charge in [-0.15, -0.1) is 0 Å². The Balaban J connectivity index is 1.85. The highest BCUT2D eigenvalue weighted by Crippen LogP contribution is 2.11. The SMILES string of the molecule is C/C(=N/NC(=O)CSc1ncccn1)c1ccc(Cl)cc1. The summed E-state index contributed by atoms with van der Waals surface area (Å²) in [6.45, 7) is 1.82. The fourth-order valence-corrected chi connectivity index (χ4v) is 2.15. The van der Waals surface area contributed by atoms with Crippen LogP contribution < -0.4 is 5.43 Å². The number of benzene rings is 1. The summed E-state index contributed by atoms with van der Waals surface area (Å²) in [6.07, 6.45) is 3.27. The largest absolute Gasteiger partial charge is 0.272 e. The van der Waals surface area contributed by atoms with Crippen LogP contribution in [-0.4, -0.2) is 27.3 Å². The molecule has 1 heterocycles. The van der Waals surface area contributed by atoms with Crippen molar-refractivity contribution in [2.75, 3.05) is 5.75 Å². The quantitative estimate of drug-likeness (QED) is 0.398. The third-order valence-electron chi connectivity index (χ3n) is 2.48. The summed E-state index contributed by atoms with van der Waals surface area (Å²) >= 11 is 7.08. The van der Waals surface area contributed by atoms with Crippen molar-refractivity contribution in [3.63, 3.8) is 0 Å². The first kappa shape index (κ1) is 15.5. The van der Waals surface area contributed by atoms with E-state index >= 15 is 0 Å². The molecule has 21 heavy (non-hydrogen) atoms. The number of carbonyl (C=O) groups is 1. The van der Waals surface area contributed by atoms with Gasteiger partial charge < -0.3 is 0 Å². The molecule has 1 N–H and O–H groups in total. The number of carbonyl (C=O) groups excluding carboxylic acids is 1. The molecule has 2 aromatic rings. The van der Waals surface area contributed by atoms with Crippen LogP contribution >= 0.6 is 23.4 Å². The fourth-order valence-electron chi connectivity index (χ4n) is 1.42. The standard InChI is InChI=1S/C14H13ClN4OS/c1-10(11-3-5-12(15)6-4-11)18-19-13(20)9-21-14-16-7-2-8-17-14/h2-8H,9H2,1H3,(H,19,20)/b18-10-. The molecule has 0 saturated carbocycles. The van der Waals surface area contributed by atoms with E-state index in [1.54, 1.807) is 30.6 Å². The minimum atomic E-state index is -0.208. The van der Waals surface area contributed by atoms with Crippen molar-refractivity contribution in [3.8, 4) is 0 Å². The molecule has 5 nitrogen and oxygen atoms in total. The van der Waals surface area contributed by atoms with Gasteiger partial charge in [-0.2, -0.15) is 5.10 Å². The Kier molecular flexibility index (Phi) is 5.71. The van der Waals surface area contributed by atoms with E-state index in [4.69, 9.17) is 11.6 Å². The maximum atomic E-state index is 11.7. The zero-order valence-corrected chi connectivity index (χ0v) is 12.9. The number of amides is 1. The molecule has 0 radical (unpaired) electrons. The van der Waals surface area contributed by atoms with Gasteiger partial charge in [0.15, 0.2) is 5.16 Å². The van der Waals surface area contributed by atoms with Crippen molar-refractivity contribution in [2.45, 2.75) is 12.1 Å². The first-order valence-corrected chi connectivity index (χ1v) is 7.50. The van der Waals surface area contributed by atoms with Crippen molar-refractivity contribution in [1.82, 2.24) is 15.4 Å². The summed E-state index contributed by atoms with van der Waals surface area (Å²) in [6, 6.07) is 8.98. The van der Waals surface area contributed by atoms with Crippen molar-refractivity contribution >= 4 is 35.0 Å². The number of rotatable bonds is 5. The van der Waals surface area contributed by atoms with Crippen LogP contribution in [0.1, 0.15) is 12.5 Å². The van der Waals surface area contributed by atoms with E-state index in [0.29, 0.717) is 15.9 Å². The summed E-state index contributed by atoms with van der Waals surface area (Å²) in [5.74, 6) is 0.00211. The predicted octanol–water partition coefficient (Wildman–Crippen LogP) is 2.76. The summed E-state index contributed by atoms with van der Waals surface area (Å²) in [7, 11) is 0. The Morgan fingerprint density at radius 1 is 1.29 bits per heavy atom. The lowest BCUT2D eigenvalue weighted by Crippen LogP contribution is -2.21. The van der Waals surface area contributed by atoms with E-state index in [9.17, 15) is 4.79 Å². The number of hydrogen-bond donors (Lipinski definition) is 1. The molecule has 0 aliphatic heterocycles. The van der Waals surface area contributed by atoms with Gasteiger partial charge in [0.1, 0.15) is 0 Å². The molecule has 0 unspecified atom stereocenters. The number of aromatic nitrogens is 2. The van der Waals surface area contributed by atoms with Crippen LogP contribution in [0.4, 0.5) is 0 Å². The Morgan fingerprint density at radius 2 is 1.95 bits per heavy atom. The van der Waals surface area contributed by atoms with Crippen LogP contribution in [-0.2, 0) is 4.79 Å². The molecule has 1 amide bonds. The molecule has 0 spiro atoms. The van der Waals surface area contributed by atoms with Gasteiger partial charge in [-0.05, 0) is 30.7 Å². The summed E-state index contributed by atoms with van der Waals surface area (Å²) in [5.41, 5.74) is 4.12. The average molecular weight is 321 g/mol. The molecule has 1 aromatic carbocycles. The monoisotopic (exact) mass is 320 g/mol. The highest BCUT2D eigenvalue weighted by atomic mass is 35.5. The highest BCUT2D eigenvalue weighted by Gasteiger charge is 2.04. The number of nitrogens with one attached hydrogen (secondary N) is 1. The summed E-state index contributed by atoms with van der Waals surface area (Å²) in [5, 5.41) is 5.28. The topological polar surface area (TPSA) is 67.2 Å². The molecule has 0 bridgehead atoms. The second kappa shape index (κ2) is 7.75. The number of halogens is 1. The van der Waals surface area contributed by atoms with E-state index < -0.39 is 0 Å². The molecule has 0 saturated heterocycles. The van der Waals surface area contributed by atoms with Gasteiger partial charge in [0, 0.05) is 17.4 Å². The Hall–Kier alpha value is -1.92. The summed E-state index contributed by atoms with van der Waals surface area (Å²) < 4.78 is 0. The number of hydrogen-bond acceptors (Lipinski definition) is 5. The number of hydrazone groups is 1. The van der Waals surface area contributed by atoms with E-state index in [1.165, 1.54) is 11.8 Å². The lowest BCUT2D eigenvalue weighted by molar-refractivity contribution is -0.118. The van der Waals surface area contributed by atoms with Crippen LogP contribution in [0.5, 0.6) is 0 Å². The van der Waals surface area contributed by atoms with Crippen LogP contribution in [0.3, 0.4) is 0 Å². The van der Waals surface area contributed by atoms with E-state index in [0.717, 1.165) is 5.56 Å².